The summed E-state index contributed by atoms with van der Waals surface area (Å²) in [5.74, 6) is -0.619. The molecule has 4 N–H and O–H groups in total. The van der Waals surface area contributed by atoms with Gasteiger partial charge in [0.25, 0.3) is 0 Å². The molecule has 0 saturated carbocycles. The van der Waals surface area contributed by atoms with Gasteiger partial charge in [0.15, 0.2) is 34.5 Å². The Morgan fingerprint density at radius 3 is 2.29 bits per heavy atom. The standard InChI is InChI=1S/C29H30O9/c1-35-26-13-18(4-8-23(26)31)11-20-15-38-29(19-6-9-24(32)27(14-19)36-2)21(20)16-37-28(34)10-5-17-3-7-22(30)25(33)12-17/h3-10,12-14,20-21,29-33H,11,15-16H2,1-2H3/b10-5+/t20-,21-,29+/m0/s1. The zero-order valence-corrected chi connectivity index (χ0v) is 21.0. The lowest BCUT2D eigenvalue weighted by molar-refractivity contribution is -0.139. The van der Waals surface area contributed by atoms with Gasteiger partial charge in [-0.05, 0) is 71.5 Å². The molecular formula is C29H30O9. The number of hydrogen-bond acceptors (Lipinski definition) is 9. The molecule has 9 heteroatoms. The lowest BCUT2D eigenvalue weighted by Gasteiger charge is -2.23. The van der Waals surface area contributed by atoms with Crippen molar-refractivity contribution in [1.29, 1.82) is 0 Å². The van der Waals surface area contributed by atoms with Crippen LogP contribution < -0.4 is 9.47 Å². The Hall–Kier alpha value is -4.37. The highest BCUT2D eigenvalue weighted by Gasteiger charge is 2.39. The first kappa shape index (κ1) is 26.7. The molecule has 3 atom stereocenters. The van der Waals surface area contributed by atoms with Crippen LogP contribution in [0.1, 0.15) is 22.8 Å². The van der Waals surface area contributed by atoms with Crippen LogP contribution >= 0.6 is 0 Å². The van der Waals surface area contributed by atoms with Gasteiger partial charge < -0.3 is 39.4 Å². The number of benzene rings is 3. The minimum absolute atomic E-state index is 0.00960. The van der Waals surface area contributed by atoms with Gasteiger partial charge >= 0.3 is 5.97 Å². The molecule has 0 aliphatic carbocycles. The van der Waals surface area contributed by atoms with Crippen molar-refractivity contribution in [3.63, 3.8) is 0 Å². The minimum atomic E-state index is -0.573. The zero-order valence-electron chi connectivity index (χ0n) is 21.0. The molecule has 1 heterocycles. The SMILES string of the molecule is COc1cc(C[C@H]2CO[C@H](c3ccc(O)c(OC)c3)[C@H]2COC(=O)/C=C/c2ccc(O)c(O)c2)ccc1O. The molecule has 1 fully saturated rings. The molecule has 3 aromatic rings. The molecule has 3 aromatic carbocycles. The highest BCUT2D eigenvalue weighted by Crippen LogP contribution is 2.43. The van der Waals surface area contributed by atoms with Gasteiger partial charge in [0.1, 0.15) is 0 Å². The molecule has 1 aliphatic heterocycles. The van der Waals surface area contributed by atoms with Gasteiger partial charge in [0, 0.05) is 12.0 Å². The minimum Gasteiger partial charge on any atom is -0.504 e. The Balaban J connectivity index is 1.52. The number of rotatable bonds is 9. The van der Waals surface area contributed by atoms with Crippen LogP contribution in [-0.4, -0.2) is 53.8 Å². The highest BCUT2D eigenvalue weighted by atomic mass is 16.5. The molecule has 38 heavy (non-hydrogen) atoms. The summed E-state index contributed by atoms with van der Waals surface area (Å²) in [5, 5.41) is 39.1. The molecule has 1 aliphatic rings. The molecule has 0 radical (unpaired) electrons. The summed E-state index contributed by atoms with van der Waals surface area (Å²) in [6.07, 6.45) is 2.90. The van der Waals surface area contributed by atoms with Crippen molar-refractivity contribution < 1.29 is 44.2 Å². The second-order valence-corrected chi connectivity index (χ2v) is 9.03. The highest BCUT2D eigenvalue weighted by molar-refractivity contribution is 5.87. The smallest absolute Gasteiger partial charge is 0.330 e. The maximum Gasteiger partial charge on any atom is 0.330 e. The summed E-state index contributed by atoms with van der Waals surface area (Å²) in [4.78, 5) is 12.5. The third-order valence-corrected chi connectivity index (χ3v) is 6.59. The van der Waals surface area contributed by atoms with Gasteiger partial charge in [0.05, 0.1) is 33.5 Å². The molecule has 1 saturated heterocycles. The summed E-state index contributed by atoms with van der Waals surface area (Å²) < 4.78 is 22.3. The van der Waals surface area contributed by atoms with Crippen molar-refractivity contribution >= 4 is 12.0 Å². The largest absolute Gasteiger partial charge is 0.504 e. The van der Waals surface area contributed by atoms with E-state index in [-0.39, 0.29) is 41.4 Å². The summed E-state index contributed by atoms with van der Waals surface area (Å²) in [7, 11) is 2.95. The number of phenolic OH excluding ortho intramolecular Hbond substituents is 4. The molecule has 0 aromatic heterocycles. The average Bonchev–Trinajstić information content (AvgIpc) is 3.31. The van der Waals surface area contributed by atoms with E-state index in [0.717, 1.165) is 11.1 Å². The van der Waals surface area contributed by atoms with E-state index in [1.165, 1.54) is 44.6 Å². The fourth-order valence-electron chi connectivity index (χ4n) is 4.56. The molecule has 200 valence electrons. The van der Waals surface area contributed by atoms with Gasteiger partial charge in [-0.3, -0.25) is 0 Å². The number of phenols is 4. The van der Waals surface area contributed by atoms with E-state index >= 15 is 0 Å². The fraction of sp³-hybridized carbons (Fsp3) is 0.276. The van der Waals surface area contributed by atoms with E-state index in [9.17, 15) is 25.2 Å². The van der Waals surface area contributed by atoms with E-state index in [1.54, 1.807) is 30.3 Å². The molecule has 0 amide bonds. The summed E-state index contributed by atoms with van der Waals surface area (Å²) in [5.41, 5.74) is 2.23. The Morgan fingerprint density at radius 1 is 0.895 bits per heavy atom. The summed E-state index contributed by atoms with van der Waals surface area (Å²) >= 11 is 0. The predicted octanol–water partition coefficient (Wildman–Crippen LogP) is 4.33. The van der Waals surface area contributed by atoms with Crippen molar-refractivity contribution in [2.75, 3.05) is 27.4 Å². The zero-order chi connectivity index (χ0) is 27.2. The van der Waals surface area contributed by atoms with Crippen molar-refractivity contribution in [2.24, 2.45) is 11.8 Å². The normalized spacial score (nSPS) is 18.9. The first-order valence-corrected chi connectivity index (χ1v) is 12.0. The van der Waals surface area contributed by atoms with Crippen molar-refractivity contribution in [3.8, 4) is 34.5 Å². The molecule has 0 unspecified atom stereocenters. The predicted molar refractivity (Wildman–Crippen MR) is 138 cm³/mol. The number of aromatic hydroxyl groups is 4. The van der Waals surface area contributed by atoms with Crippen molar-refractivity contribution in [3.05, 3.63) is 77.4 Å². The van der Waals surface area contributed by atoms with Crippen molar-refractivity contribution in [2.45, 2.75) is 12.5 Å². The first-order chi connectivity index (χ1) is 18.3. The monoisotopic (exact) mass is 522 g/mol. The van der Waals surface area contributed by atoms with Crippen LogP contribution in [0, 0.1) is 11.8 Å². The van der Waals surface area contributed by atoms with Crippen LogP contribution in [0.2, 0.25) is 0 Å². The quantitative estimate of drug-likeness (QED) is 0.184. The van der Waals surface area contributed by atoms with E-state index in [2.05, 4.69) is 0 Å². The maximum absolute atomic E-state index is 12.5. The fourth-order valence-corrected chi connectivity index (χ4v) is 4.56. The Bertz CT molecular complexity index is 1320. The average molecular weight is 523 g/mol. The lowest BCUT2D eigenvalue weighted by Crippen LogP contribution is -2.24. The Labute approximate surface area is 220 Å². The Kier molecular flexibility index (Phi) is 8.28. The van der Waals surface area contributed by atoms with Crippen LogP contribution in [-0.2, 0) is 20.7 Å². The van der Waals surface area contributed by atoms with E-state index in [0.29, 0.717) is 30.1 Å². The maximum atomic E-state index is 12.5. The van der Waals surface area contributed by atoms with Gasteiger partial charge in [-0.25, -0.2) is 4.79 Å². The number of ether oxygens (including phenoxy) is 4. The van der Waals surface area contributed by atoms with Crippen LogP contribution in [0.15, 0.2) is 60.7 Å². The van der Waals surface area contributed by atoms with Crippen LogP contribution in [0.25, 0.3) is 6.08 Å². The number of methoxy groups -OCH3 is 2. The topological polar surface area (TPSA) is 135 Å². The van der Waals surface area contributed by atoms with E-state index < -0.39 is 12.1 Å². The van der Waals surface area contributed by atoms with Crippen LogP contribution in [0.5, 0.6) is 34.5 Å². The van der Waals surface area contributed by atoms with Crippen LogP contribution in [0.4, 0.5) is 0 Å². The van der Waals surface area contributed by atoms with Gasteiger partial charge in [0.2, 0.25) is 0 Å². The van der Waals surface area contributed by atoms with E-state index in [4.69, 9.17) is 18.9 Å². The number of hydrogen-bond donors (Lipinski definition) is 4. The summed E-state index contributed by atoms with van der Waals surface area (Å²) in [6, 6.07) is 14.4. The van der Waals surface area contributed by atoms with Gasteiger partial charge in [-0.15, -0.1) is 0 Å². The summed E-state index contributed by atoms with van der Waals surface area (Å²) in [6.45, 7) is 0.472. The Morgan fingerprint density at radius 2 is 1.58 bits per heavy atom. The second kappa shape index (κ2) is 11.8. The molecule has 4 rings (SSSR count). The first-order valence-electron chi connectivity index (χ1n) is 12.0. The molecular weight excluding hydrogens is 492 g/mol. The van der Waals surface area contributed by atoms with Gasteiger partial charge in [-0.2, -0.15) is 0 Å². The lowest BCUT2D eigenvalue weighted by atomic mass is 9.84. The van der Waals surface area contributed by atoms with Crippen LogP contribution in [0.3, 0.4) is 0 Å². The number of esters is 1. The second-order valence-electron chi connectivity index (χ2n) is 9.03. The van der Waals surface area contributed by atoms with Crippen molar-refractivity contribution in [1.82, 2.24) is 0 Å². The van der Waals surface area contributed by atoms with E-state index in [1.807, 2.05) is 6.07 Å². The number of carbonyl (C=O) groups excluding carboxylic acids is 1. The number of carbonyl (C=O) groups is 1. The molecule has 9 nitrogen and oxygen atoms in total. The molecule has 0 spiro atoms. The van der Waals surface area contributed by atoms with Gasteiger partial charge in [-0.1, -0.05) is 18.2 Å². The molecule has 0 bridgehead atoms. The third kappa shape index (κ3) is 6.12. The third-order valence-electron chi connectivity index (χ3n) is 6.59.